The molecule has 6 nitrogen and oxygen atoms in total. The van der Waals surface area contributed by atoms with Crippen molar-refractivity contribution in [3.05, 3.63) is 59.7 Å². The largest absolute Gasteiger partial charge is 1.00 e. The summed E-state index contributed by atoms with van der Waals surface area (Å²) in [4.78, 5) is 21.9. The van der Waals surface area contributed by atoms with Crippen LogP contribution in [0, 0.1) is 0 Å². The molecule has 2 aliphatic rings. The zero-order valence-electron chi connectivity index (χ0n) is 18.2. The van der Waals surface area contributed by atoms with Crippen LogP contribution in [0.1, 0.15) is 57.0 Å². The Labute approximate surface area is 216 Å². The van der Waals surface area contributed by atoms with E-state index in [-0.39, 0.29) is 73.0 Å². The quantitative estimate of drug-likeness (QED) is 0.145. The molecular weight excluding hydrogens is 394 g/mol. The maximum Gasteiger partial charge on any atom is 1.00 e. The molecule has 2 saturated carbocycles. The summed E-state index contributed by atoms with van der Waals surface area (Å²) < 4.78 is 4.93. The maximum absolute atomic E-state index is 10.6. The monoisotopic (exact) mass is 418 g/mol. The Morgan fingerprint density at radius 1 is 0.966 bits per heavy atom. The van der Waals surface area contributed by atoms with E-state index in [4.69, 9.17) is 19.9 Å². The molecule has 146 valence electrons. The minimum absolute atomic E-state index is 0. The van der Waals surface area contributed by atoms with Crippen molar-refractivity contribution in [2.75, 3.05) is 0 Å². The first-order valence-electron chi connectivity index (χ1n) is 8.83. The first-order chi connectivity index (χ1) is 13.0. The number of hydrogen-bond donors (Lipinski definition) is 1. The summed E-state index contributed by atoms with van der Waals surface area (Å²) in [6.45, 7) is 1.23. The van der Waals surface area contributed by atoms with Gasteiger partial charge in [0.05, 0.1) is 0 Å². The van der Waals surface area contributed by atoms with Gasteiger partial charge < -0.3 is 21.4 Å². The van der Waals surface area contributed by atoms with Crippen LogP contribution in [-0.4, -0.2) is 17.5 Å². The summed E-state index contributed by atoms with van der Waals surface area (Å²) in [5, 5.41) is 17.4. The van der Waals surface area contributed by atoms with Gasteiger partial charge in [-0.2, -0.15) is 0 Å². The summed E-state index contributed by atoms with van der Waals surface area (Å²) >= 11 is 0. The topological polar surface area (TPSA) is 95.9 Å². The molecule has 0 heterocycles. The number of aromatic hydroxyl groups is 1. The fourth-order valence-electron chi connectivity index (χ4n) is 2.55. The minimum atomic E-state index is -0.265. The average molecular weight is 418 g/mol. The van der Waals surface area contributed by atoms with Crippen LogP contribution in [0.25, 0.3) is 0 Å². The first kappa shape index (κ1) is 28.1. The Morgan fingerprint density at radius 2 is 1.34 bits per heavy atom. The zero-order valence-corrected chi connectivity index (χ0v) is 21.2. The molecule has 1 N–H and O–H groups in total. The molecular formula is C21H24Na2O6. The van der Waals surface area contributed by atoms with Gasteiger partial charge in [-0.05, 0) is 72.9 Å². The van der Waals surface area contributed by atoms with E-state index in [0.29, 0.717) is 11.5 Å². The first-order valence-corrected chi connectivity index (χ1v) is 8.83. The maximum atomic E-state index is 10.6. The molecule has 29 heavy (non-hydrogen) atoms. The molecule has 0 unspecified atom stereocenters. The Hall–Kier alpha value is -0.860. The van der Waals surface area contributed by atoms with Crippen molar-refractivity contribution in [2.45, 2.75) is 44.4 Å². The Bertz CT molecular complexity index is 732. The molecule has 0 radical (unpaired) electrons. The van der Waals surface area contributed by atoms with Crippen molar-refractivity contribution in [1.82, 2.24) is 0 Å². The summed E-state index contributed by atoms with van der Waals surface area (Å²) in [7, 11) is 0. The molecule has 2 aromatic rings. The number of phenolic OH excluding ortho intramolecular Hbond substituents is 1. The van der Waals surface area contributed by atoms with Gasteiger partial charge in [-0.15, -0.1) is 0 Å². The number of hydrogen-bond acceptors (Lipinski definition) is 6. The van der Waals surface area contributed by atoms with E-state index in [1.807, 2.05) is 36.4 Å². The number of phenols is 1. The van der Waals surface area contributed by atoms with Crippen molar-refractivity contribution in [1.29, 1.82) is 0 Å². The van der Waals surface area contributed by atoms with Crippen molar-refractivity contribution >= 4 is 12.4 Å². The number of esters is 1. The number of carbonyl (C=O) groups is 2. The fraction of sp³-hybridized carbons (Fsp3) is 0.333. The van der Waals surface area contributed by atoms with Gasteiger partial charge in [0.2, 0.25) is 0 Å². The summed E-state index contributed by atoms with van der Waals surface area (Å²) in [6, 6.07) is 15.3. The van der Waals surface area contributed by atoms with Crippen LogP contribution >= 0.6 is 0 Å². The normalized spacial score (nSPS) is 13.6. The molecule has 0 aromatic heterocycles. The predicted molar refractivity (Wildman–Crippen MR) is 98.1 cm³/mol. The van der Waals surface area contributed by atoms with E-state index in [1.54, 1.807) is 12.1 Å². The molecule has 0 saturated heterocycles. The molecule has 0 amide bonds. The minimum Gasteiger partial charge on any atom is -1.00 e. The third-order valence-electron chi connectivity index (χ3n) is 4.17. The smallest absolute Gasteiger partial charge is 1.00 e. The molecule has 2 fully saturated rings. The van der Waals surface area contributed by atoms with E-state index in [2.05, 4.69) is 4.89 Å². The Morgan fingerprint density at radius 3 is 1.66 bits per heavy atom. The fourth-order valence-corrected chi connectivity index (χ4v) is 2.55. The second kappa shape index (κ2) is 15.0. The van der Waals surface area contributed by atoms with Crippen LogP contribution in [-0.2, 0) is 14.5 Å². The summed E-state index contributed by atoms with van der Waals surface area (Å²) in [5.74, 6) is 2.28. The molecule has 0 aliphatic heterocycles. The number of rotatable bonds is 4. The van der Waals surface area contributed by atoms with Crippen LogP contribution in [0.4, 0.5) is 0 Å². The van der Waals surface area contributed by atoms with E-state index in [9.17, 15) is 4.79 Å². The number of benzene rings is 2. The van der Waals surface area contributed by atoms with E-state index < -0.39 is 0 Å². The van der Waals surface area contributed by atoms with Gasteiger partial charge >= 0.3 is 65.1 Å². The van der Waals surface area contributed by atoms with Gasteiger partial charge in [0, 0.05) is 6.92 Å². The molecule has 8 heteroatoms. The standard InChI is InChI=1S/C11H12O2.C9H10O.CH2O3.2Na.H/c1-8(12)13-11-6-4-10(5-7-11)9-2-3-9;10-9-5-3-8(4-6-9)7-1-2-7;2-1-4-3;;;/h4-7,9H,2-3H2,1H3;3-7,10H,1-2H2;1,3H;;;/q;;;2*+1;-1/p-1. The van der Waals surface area contributed by atoms with Crippen LogP contribution in [0.3, 0.4) is 0 Å². The van der Waals surface area contributed by atoms with Gasteiger partial charge in [-0.25, -0.2) is 0 Å². The Kier molecular flexibility index (Phi) is 14.6. The van der Waals surface area contributed by atoms with Crippen LogP contribution < -0.4 is 69.1 Å². The number of carbonyl (C=O) groups excluding carboxylic acids is 2. The molecule has 2 aromatic carbocycles. The zero-order chi connectivity index (χ0) is 19.6. The Balaban J connectivity index is 0. The molecule has 0 atom stereocenters. The van der Waals surface area contributed by atoms with Crippen molar-refractivity contribution < 1.29 is 90.1 Å². The van der Waals surface area contributed by atoms with Crippen molar-refractivity contribution in [3.63, 3.8) is 0 Å². The van der Waals surface area contributed by atoms with Crippen molar-refractivity contribution in [2.24, 2.45) is 0 Å². The van der Waals surface area contributed by atoms with Gasteiger partial charge in [0.1, 0.15) is 11.5 Å². The second-order valence-electron chi connectivity index (χ2n) is 6.50. The van der Waals surface area contributed by atoms with Gasteiger partial charge in [0.25, 0.3) is 6.47 Å². The number of ether oxygens (including phenoxy) is 1. The molecule has 0 bridgehead atoms. The average Bonchev–Trinajstić information content (AvgIpc) is 3.56. The van der Waals surface area contributed by atoms with Gasteiger partial charge in [-0.3, -0.25) is 9.59 Å². The van der Waals surface area contributed by atoms with E-state index >= 15 is 0 Å². The van der Waals surface area contributed by atoms with Crippen molar-refractivity contribution in [3.8, 4) is 11.5 Å². The van der Waals surface area contributed by atoms with Gasteiger partial charge in [0.15, 0.2) is 0 Å². The molecule has 4 rings (SSSR count). The third-order valence-corrected chi connectivity index (χ3v) is 4.17. The van der Waals surface area contributed by atoms with Crippen LogP contribution in [0.2, 0.25) is 0 Å². The molecule has 2 aliphatic carbocycles. The third kappa shape index (κ3) is 11.8. The van der Waals surface area contributed by atoms with Gasteiger partial charge in [-0.1, -0.05) is 24.3 Å². The SMILES string of the molecule is CC(=O)Oc1ccc(C2CC2)cc1.O=CO[O-].Oc1ccc(C2CC2)cc1.[H-].[Na+].[Na+]. The van der Waals surface area contributed by atoms with E-state index in [1.165, 1.54) is 43.7 Å². The predicted octanol–water partition coefficient (Wildman–Crippen LogP) is -2.69. The second-order valence-corrected chi connectivity index (χ2v) is 6.50. The summed E-state index contributed by atoms with van der Waals surface area (Å²) in [6.07, 6.45) is 5.25. The van der Waals surface area contributed by atoms with Crippen LogP contribution in [0.5, 0.6) is 11.5 Å². The van der Waals surface area contributed by atoms with Crippen LogP contribution in [0.15, 0.2) is 48.5 Å². The van der Waals surface area contributed by atoms with E-state index in [0.717, 1.165) is 11.8 Å². The summed E-state index contributed by atoms with van der Waals surface area (Å²) in [5.41, 5.74) is 2.73. The molecule has 0 spiro atoms.